The molecule has 0 saturated heterocycles. The second-order valence-electron chi connectivity index (χ2n) is 3.92. The molecule has 0 spiro atoms. The second kappa shape index (κ2) is 6.54. The van der Waals surface area contributed by atoms with Crippen LogP contribution in [0, 0.1) is 17.0 Å². The maximum Gasteiger partial charge on any atom is 0.272 e. The second-order valence-corrected chi connectivity index (χ2v) is 3.92. The number of hydrogen-bond donors (Lipinski definition) is 1. The summed E-state index contributed by atoms with van der Waals surface area (Å²) < 4.78 is 0. The van der Waals surface area contributed by atoms with Crippen molar-refractivity contribution in [3.05, 3.63) is 45.5 Å². The Kier molecular flexibility index (Phi) is 5.05. The maximum atomic E-state index is 10.8. The van der Waals surface area contributed by atoms with Gasteiger partial charge in [0.2, 0.25) is 5.91 Å². The van der Waals surface area contributed by atoms with Crippen LogP contribution in [0.1, 0.15) is 24.5 Å². The molecule has 0 heterocycles. The molecule has 0 radical (unpaired) electrons. The molecular weight excluding hydrogens is 232 g/mol. The highest BCUT2D eigenvalue weighted by atomic mass is 16.6. The summed E-state index contributed by atoms with van der Waals surface area (Å²) in [5, 5.41) is 13.4. The molecular formula is C13H16N2O3. The van der Waals surface area contributed by atoms with E-state index in [1.807, 2.05) is 18.2 Å². The van der Waals surface area contributed by atoms with Gasteiger partial charge in [-0.1, -0.05) is 24.3 Å². The van der Waals surface area contributed by atoms with E-state index in [2.05, 4.69) is 5.32 Å². The normalized spacial score (nSPS) is 10.6. The molecule has 96 valence electrons. The fraction of sp³-hybridized carbons (Fsp3) is 0.308. The van der Waals surface area contributed by atoms with Crippen LogP contribution in [-0.4, -0.2) is 17.4 Å². The van der Waals surface area contributed by atoms with Crippen molar-refractivity contribution in [3.63, 3.8) is 0 Å². The SMILES string of the molecule is CC(=O)NCCC=Cc1cccc([N+](=O)[O-])c1C. The zero-order chi connectivity index (χ0) is 13.5. The van der Waals surface area contributed by atoms with Crippen LogP contribution in [0.3, 0.4) is 0 Å². The van der Waals surface area contributed by atoms with Gasteiger partial charge in [0.05, 0.1) is 4.92 Å². The minimum absolute atomic E-state index is 0.0603. The van der Waals surface area contributed by atoms with Gasteiger partial charge >= 0.3 is 0 Å². The highest BCUT2D eigenvalue weighted by Gasteiger charge is 2.10. The van der Waals surface area contributed by atoms with E-state index in [4.69, 9.17) is 0 Å². The molecule has 1 aromatic carbocycles. The number of nitrogens with one attached hydrogen (secondary N) is 1. The fourth-order valence-electron chi connectivity index (χ4n) is 1.56. The molecule has 0 fully saturated rings. The Bertz CT molecular complexity index is 481. The zero-order valence-corrected chi connectivity index (χ0v) is 10.5. The van der Waals surface area contributed by atoms with E-state index in [0.717, 1.165) is 5.56 Å². The number of benzene rings is 1. The number of nitro benzene ring substituents is 1. The fourth-order valence-corrected chi connectivity index (χ4v) is 1.56. The summed E-state index contributed by atoms with van der Waals surface area (Å²) in [4.78, 5) is 21.0. The van der Waals surface area contributed by atoms with Crippen LogP contribution < -0.4 is 5.32 Å². The van der Waals surface area contributed by atoms with E-state index in [-0.39, 0.29) is 16.5 Å². The van der Waals surface area contributed by atoms with Gasteiger partial charge in [0.25, 0.3) is 5.69 Å². The van der Waals surface area contributed by atoms with Crippen LogP contribution >= 0.6 is 0 Å². The number of carbonyl (C=O) groups excluding carboxylic acids is 1. The number of hydrogen-bond acceptors (Lipinski definition) is 3. The molecule has 5 heteroatoms. The topological polar surface area (TPSA) is 72.2 Å². The lowest BCUT2D eigenvalue weighted by Crippen LogP contribution is -2.20. The monoisotopic (exact) mass is 248 g/mol. The van der Waals surface area contributed by atoms with Crippen molar-refractivity contribution in [1.82, 2.24) is 5.32 Å². The standard InChI is InChI=1S/C13H16N2O3/c1-10-12(6-3-4-9-14-11(2)16)7-5-8-13(10)15(17)18/h3,5-8H,4,9H2,1-2H3,(H,14,16). The van der Waals surface area contributed by atoms with E-state index in [9.17, 15) is 14.9 Å². The van der Waals surface area contributed by atoms with E-state index in [1.54, 1.807) is 13.0 Å². The van der Waals surface area contributed by atoms with E-state index in [0.29, 0.717) is 18.5 Å². The molecule has 0 aliphatic rings. The Labute approximate surface area is 106 Å². The third-order valence-electron chi connectivity index (χ3n) is 2.53. The average molecular weight is 248 g/mol. The number of carbonyl (C=O) groups is 1. The summed E-state index contributed by atoms with van der Waals surface area (Å²) in [6.45, 7) is 3.76. The summed E-state index contributed by atoms with van der Waals surface area (Å²) in [5.41, 5.74) is 1.60. The van der Waals surface area contributed by atoms with Crippen LogP contribution in [0.25, 0.3) is 6.08 Å². The van der Waals surface area contributed by atoms with Crippen LogP contribution in [-0.2, 0) is 4.79 Å². The summed E-state index contributed by atoms with van der Waals surface area (Å²) in [6.07, 6.45) is 4.42. The largest absolute Gasteiger partial charge is 0.356 e. The van der Waals surface area contributed by atoms with E-state index >= 15 is 0 Å². The minimum Gasteiger partial charge on any atom is -0.356 e. The van der Waals surface area contributed by atoms with Crippen LogP contribution in [0.15, 0.2) is 24.3 Å². The summed E-state index contributed by atoms with van der Waals surface area (Å²) >= 11 is 0. The number of nitro groups is 1. The van der Waals surface area contributed by atoms with Crippen molar-refractivity contribution in [1.29, 1.82) is 0 Å². The van der Waals surface area contributed by atoms with Crippen molar-refractivity contribution < 1.29 is 9.72 Å². The lowest BCUT2D eigenvalue weighted by atomic mass is 10.1. The van der Waals surface area contributed by atoms with Crippen molar-refractivity contribution >= 4 is 17.7 Å². The van der Waals surface area contributed by atoms with Crippen LogP contribution in [0.2, 0.25) is 0 Å². The molecule has 0 bridgehead atoms. The van der Waals surface area contributed by atoms with Gasteiger partial charge in [-0.3, -0.25) is 14.9 Å². The third-order valence-corrected chi connectivity index (χ3v) is 2.53. The first-order valence-corrected chi connectivity index (χ1v) is 5.67. The first-order valence-electron chi connectivity index (χ1n) is 5.67. The number of rotatable bonds is 5. The van der Waals surface area contributed by atoms with Gasteiger partial charge in [0, 0.05) is 25.1 Å². The molecule has 1 N–H and O–H groups in total. The van der Waals surface area contributed by atoms with Crippen molar-refractivity contribution in [2.24, 2.45) is 0 Å². The first kappa shape index (κ1) is 13.9. The Balaban J connectivity index is 2.67. The Morgan fingerprint density at radius 2 is 2.22 bits per heavy atom. The molecule has 0 saturated carbocycles. The molecule has 0 atom stereocenters. The first-order chi connectivity index (χ1) is 8.52. The molecule has 1 aromatic rings. The summed E-state index contributed by atoms with van der Waals surface area (Å²) in [6, 6.07) is 4.99. The summed E-state index contributed by atoms with van der Waals surface area (Å²) in [7, 11) is 0. The van der Waals surface area contributed by atoms with Crippen LogP contribution in [0.5, 0.6) is 0 Å². The minimum atomic E-state index is -0.385. The van der Waals surface area contributed by atoms with Crippen molar-refractivity contribution in [2.45, 2.75) is 20.3 Å². The van der Waals surface area contributed by atoms with Gasteiger partial charge in [-0.15, -0.1) is 0 Å². The molecule has 5 nitrogen and oxygen atoms in total. The Hall–Kier alpha value is -2.17. The average Bonchev–Trinajstić information content (AvgIpc) is 2.30. The van der Waals surface area contributed by atoms with Gasteiger partial charge in [-0.05, 0) is 18.9 Å². The van der Waals surface area contributed by atoms with Gasteiger partial charge < -0.3 is 5.32 Å². The quantitative estimate of drug-likeness (QED) is 0.494. The highest BCUT2D eigenvalue weighted by Crippen LogP contribution is 2.21. The van der Waals surface area contributed by atoms with E-state index < -0.39 is 0 Å². The maximum absolute atomic E-state index is 10.8. The Morgan fingerprint density at radius 3 is 2.83 bits per heavy atom. The van der Waals surface area contributed by atoms with Gasteiger partial charge in [0.15, 0.2) is 0 Å². The van der Waals surface area contributed by atoms with Gasteiger partial charge in [-0.2, -0.15) is 0 Å². The predicted octanol–water partition coefficient (Wildman–Crippen LogP) is 2.44. The molecule has 1 amide bonds. The predicted molar refractivity (Wildman–Crippen MR) is 70.2 cm³/mol. The van der Waals surface area contributed by atoms with Gasteiger partial charge in [-0.25, -0.2) is 0 Å². The Morgan fingerprint density at radius 1 is 1.50 bits per heavy atom. The molecule has 0 aliphatic carbocycles. The molecule has 0 aliphatic heterocycles. The summed E-state index contributed by atoms with van der Waals surface area (Å²) in [5.74, 6) is -0.0603. The molecule has 0 unspecified atom stereocenters. The zero-order valence-electron chi connectivity index (χ0n) is 10.5. The van der Waals surface area contributed by atoms with Gasteiger partial charge in [0.1, 0.15) is 0 Å². The molecule has 0 aromatic heterocycles. The van der Waals surface area contributed by atoms with Crippen LogP contribution in [0.4, 0.5) is 5.69 Å². The number of nitrogens with zero attached hydrogens (tertiary/aromatic N) is 1. The molecule has 1 rings (SSSR count). The smallest absolute Gasteiger partial charge is 0.272 e. The lowest BCUT2D eigenvalue weighted by Gasteiger charge is -2.01. The van der Waals surface area contributed by atoms with Crippen molar-refractivity contribution in [3.8, 4) is 0 Å². The van der Waals surface area contributed by atoms with Crippen molar-refractivity contribution in [2.75, 3.05) is 6.54 Å². The van der Waals surface area contributed by atoms with E-state index in [1.165, 1.54) is 13.0 Å². The third kappa shape index (κ3) is 4.01. The highest BCUT2D eigenvalue weighted by molar-refractivity contribution is 5.72. The number of amides is 1. The molecule has 18 heavy (non-hydrogen) atoms. The lowest BCUT2D eigenvalue weighted by molar-refractivity contribution is -0.385.